The highest BCUT2D eigenvalue weighted by atomic mass is 16.5. The Morgan fingerprint density at radius 2 is 1.78 bits per heavy atom. The molecule has 1 amide bonds. The quantitative estimate of drug-likeness (QED) is 0.519. The van der Waals surface area contributed by atoms with Crippen molar-refractivity contribution in [2.45, 2.75) is 20.3 Å². The SMILES string of the molecule is CCN(CCCNC(=O)c1cn(C)c(=O)c2cc(OC)c(OC)cc12)c1cccc(C)c1. The summed E-state index contributed by atoms with van der Waals surface area (Å²) in [6, 6.07) is 11.7. The number of fused-ring (bicyclic) bond motifs is 1. The first-order chi connectivity index (χ1) is 15.4. The second-order valence-electron chi connectivity index (χ2n) is 7.74. The fraction of sp³-hybridized carbons (Fsp3) is 0.360. The van der Waals surface area contributed by atoms with E-state index in [2.05, 4.69) is 48.3 Å². The van der Waals surface area contributed by atoms with Gasteiger partial charge < -0.3 is 24.3 Å². The van der Waals surface area contributed by atoms with Crippen molar-refractivity contribution in [3.63, 3.8) is 0 Å². The number of anilines is 1. The van der Waals surface area contributed by atoms with Crippen LogP contribution in [0.3, 0.4) is 0 Å². The highest BCUT2D eigenvalue weighted by molar-refractivity contribution is 6.07. The molecule has 1 heterocycles. The molecule has 7 nitrogen and oxygen atoms in total. The number of rotatable bonds is 9. The monoisotopic (exact) mass is 437 g/mol. The number of carbonyl (C=O) groups excluding carboxylic acids is 1. The van der Waals surface area contributed by atoms with Gasteiger partial charge in [-0.1, -0.05) is 12.1 Å². The van der Waals surface area contributed by atoms with Gasteiger partial charge in [-0.15, -0.1) is 0 Å². The van der Waals surface area contributed by atoms with Crippen LogP contribution in [-0.2, 0) is 7.05 Å². The first kappa shape index (κ1) is 23.2. The number of pyridine rings is 1. The molecular weight excluding hydrogens is 406 g/mol. The van der Waals surface area contributed by atoms with Crippen molar-refractivity contribution >= 4 is 22.4 Å². The van der Waals surface area contributed by atoms with Crippen molar-refractivity contribution < 1.29 is 14.3 Å². The zero-order valence-corrected chi connectivity index (χ0v) is 19.4. The summed E-state index contributed by atoms with van der Waals surface area (Å²) in [6.07, 6.45) is 2.37. The van der Waals surface area contributed by atoms with Gasteiger partial charge in [0, 0.05) is 44.0 Å². The number of ether oxygens (including phenoxy) is 2. The summed E-state index contributed by atoms with van der Waals surface area (Å²) in [6.45, 7) is 6.46. The molecule has 0 aliphatic rings. The number of hydrogen-bond donors (Lipinski definition) is 1. The first-order valence-corrected chi connectivity index (χ1v) is 10.7. The minimum atomic E-state index is -0.226. The van der Waals surface area contributed by atoms with E-state index in [9.17, 15) is 9.59 Å². The average molecular weight is 438 g/mol. The van der Waals surface area contributed by atoms with Gasteiger partial charge >= 0.3 is 0 Å². The van der Waals surface area contributed by atoms with E-state index in [0.717, 1.165) is 19.5 Å². The van der Waals surface area contributed by atoms with Crippen LogP contribution in [0.15, 0.2) is 47.4 Å². The van der Waals surface area contributed by atoms with Gasteiger partial charge in [0.05, 0.1) is 25.2 Å². The number of hydrogen-bond acceptors (Lipinski definition) is 5. The van der Waals surface area contributed by atoms with Crippen LogP contribution in [0.2, 0.25) is 0 Å². The van der Waals surface area contributed by atoms with Gasteiger partial charge in [0.25, 0.3) is 11.5 Å². The maximum Gasteiger partial charge on any atom is 0.258 e. The lowest BCUT2D eigenvalue weighted by molar-refractivity contribution is 0.0954. The van der Waals surface area contributed by atoms with E-state index in [0.29, 0.717) is 34.4 Å². The Morgan fingerprint density at radius 3 is 2.41 bits per heavy atom. The van der Waals surface area contributed by atoms with E-state index in [1.807, 2.05) is 0 Å². The maximum absolute atomic E-state index is 13.0. The number of benzene rings is 2. The molecule has 3 aromatic rings. The standard InChI is InChI=1S/C25H31N3O4/c1-6-28(18-10-7-9-17(2)13-18)12-8-11-26-24(29)21-16-27(3)25(30)20-15-23(32-5)22(31-4)14-19(20)21/h7,9-10,13-16H,6,8,11-12H2,1-5H3,(H,26,29). The molecule has 32 heavy (non-hydrogen) atoms. The molecule has 1 aromatic heterocycles. The van der Waals surface area contributed by atoms with Crippen LogP contribution in [0.5, 0.6) is 11.5 Å². The lowest BCUT2D eigenvalue weighted by Crippen LogP contribution is -2.31. The van der Waals surface area contributed by atoms with E-state index in [1.165, 1.54) is 30.0 Å². The average Bonchev–Trinajstić information content (AvgIpc) is 2.80. The number of methoxy groups -OCH3 is 2. The summed E-state index contributed by atoms with van der Waals surface area (Å²) in [5.74, 6) is 0.695. The molecule has 0 atom stereocenters. The third-order valence-corrected chi connectivity index (χ3v) is 5.57. The van der Waals surface area contributed by atoms with Gasteiger partial charge in [-0.3, -0.25) is 9.59 Å². The van der Waals surface area contributed by atoms with Crippen LogP contribution in [-0.4, -0.2) is 44.3 Å². The van der Waals surface area contributed by atoms with Crippen LogP contribution in [0, 0.1) is 6.92 Å². The number of aryl methyl sites for hydroxylation is 2. The van der Waals surface area contributed by atoms with Gasteiger partial charge in [-0.2, -0.15) is 0 Å². The summed E-state index contributed by atoms with van der Waals surface area (Å²) >= 11 is 0. The Bertz CT molecular complexity index is 1170. The molecule has 0 saturated heterocycles. The smallest absolute Gasteiger partial charge is 0.258 e. The molecule has 0 saturated carbocycles. The van der Waals surface area contributed by atoms with Gasteiger partial charge in [-0.25, -0.2) is 0 Å². The Labute approximate surface area is 188 Å². The summed E-state index contributed by atoms with van der Waals surface area (Å²) in [7, 11) is 4.68. The molecule has 0 bridgehead atoms. The lowest BCUT2D eigenvalue weighted by atomic mass is 10.1. The van der Waals surface area contributed by atoms with E-state index in [4.69, 9.17) is 9.47 Å². The van der Waals surface area contributed by atoms with Gasteiger partial charge in [-0.05, 0) is 50.1 Å². The largest absolute Gasteiger partial charge is 0.493 e. The summed E-state index contributed by atoms with van der Waals surface area (Å²) in [5, 5.41) is 3.94. The fourth-order valence-corrected chi connectivity index (χ4v) is 3.83. The van der Waals surface area contributed by atoms with E-state index in [1.54, 1.807) is 25.4 Å². The van der Waals surface area contributed by atoms with Gasteiger partial charge in [0.15, 0.2) is 11.5 Å². The molecule has 7 heteroatoms. The Morgan fingerprint density at radius 1 is 1.09 bits per heavy atom. The molecule has 2 aromatic carbocycles. The topological polar surface area (TPSA) is 72.8 Å². The molecule has 0 unspecified atom stereocenters. The van der Waals surface area contributed by atoms with E-state index in [-0.39, 0.29) is 11.5 Å². The van der Waals surface area contributed by atoms with Crippen molar-refractivity contribution in [1.29, 1.82) is 0 Å². The number of aromatic nitrogens is 1. The van der Waals surface area contributed by atoms with E-state index < -0.39 is 0 Å². The van der Waals surface area contributed by atoms with Gasteiger partial charge in [0.2, 0.25) is 0 Å². The number of amides is 1. The maximum atomic E-state index is 13.0. The van der Waals surface area contributed by atoms with Gasteiger partial charge in [0.1, 0.15) is 0 Å². The number of nitrogens with one attached hydrogen (secondary N) is 1. The second kappa shape index (κ2) is 10.2. The van der Waals surface area contributed by atoms with Crippen LogP contribution in [0.25, 0.3) is 10.8 Å². The van der Waals surface area contributed by atoms with Crippen molar-refractivity contribution in [1.82, 2.24) is 9.88 Å². The highest BCUT2D eigenvalue weighted by Gasteiger charge is 2.17. The third-order valence-electron chi connectivity index (χ3n) is 5.57. The fourth-order valence-electron chi connectivity index (χ4n) is 3.83. The molecular formula is C25H31N3O4. The summed E-state index contributed by atoms with van der Waals surface area (Å²) in [5.41, 5.74) is 2.63. The Hall–Kier alpha value is -3.48. The Kier molecular flexibility index (Phi) is 7.41. The molecule has 0 spiro atoms. The number of nitrogens with zero attached hydrogens (tertiary/aromatic N) is 2. The number of carbonyl (C=O) groups is 1. The summed E-state index contributed by atoms with van der Waals surface area (Å²) in [4.78, 5) is 27.9. The molecule has 1 N–H and O–H groups in total. The molecule has 170 valence electrons. The molecule has 0 fully saturated rings. The van der Waals surface area contributed by atoms with Crippen molar-refractivity contribution in [3.8, 4) is 11.5 Å². The van der Waals surface area contributed by atoms with Crippen molar-refractivity contribution in [2.75, 3.05) is 38.8 Å². The first-order valence-electron chi connectivity index (χ1n) is 10.7. The van der Waals surface area contributed by atoms with Crippen molar-refractivity contribution in [2.24, 2.45) is 7.05 Å². The van der Waals surface area contributed by atoms with Crippen LogP contribution in [0.1, 0.15) is 29.3 Å². The molecule has 3 rings (SSSR count). The van der Waals surface area contributed by atoms with Crippen LogP contribution in [0.4, 0.5) is 5.69 Å². The summed E-state index contributed by atoms with van der Waals surface area (Å²) < 4.78 is 12.1. The van der Waals surface area contributed by atoms with Crippen LogP contribution >= 0.6 is 0 Å². The predicted molar refractivity (Wildman–Crippen MR) is 128 cm³/mol. The molecule has 0 aliphatic heterocycles. The predicted octanol–water partition coefficient (Wildman–Crippen LogP) is 3.51. The minimum absolute atomic E-state index is 0.200. The zero-order valence-electron chi connectivity index (χ0n) is 19.4. The molecule has 0 aliphatic carbocycles. The lowest BCUT2D eigenvalue weighted by Gasteiger charge is -2.23. The zero-order chi connectivity index (χ0) is 23.3. The highest BCUT2D eigenvalue weighted by Crippen LogP contribution is 2.32. The molecule has 0 radical (unpaired) electrons. The third kappa shape index (κ3) is 4.88. The van der Waals surface area contributed by atoms with Crippen molar-refractivity contribution in [3.05, 3.63) is 64.1 Å². The normalized spacial score (nSPS) is 10.8. The van der Waals surface area contributed by atoms with E-state index >= 15 is 0 Å². The Balaban J connectivity index is 1.75. The minimum Gasteiger partial charge on any atom is -0.493 e. The van der Waals surface area contributed by atoms with Crippen LogP contribution < -0.4 is 25.2 Å². The second-order valence-corrected chi connectivity index (χ2v) is 7.74.